The zero-order valence-corrected chi connectivity index (χ0v) is 21.6. The highest BCUT2D eigenvalue weighted by Gasteiger charge is 2.13. The zero-order valence-electron chi connectivity index (χ0n) is 19.9. The van der Waals surface area contributed by atoms with E-state index in [1.807, 2.05) is 36.4 Å². The maximum absolute atomic E-state index is 14.1. The van der Waals surface area contributed by atoms with Gasteiger partial charge in [0, 0.05) is 28.8 Å². The molecule has 5 rings (SSSR count). The number of hydrogen-bond donors (Lipinski definition) is 3. The Morgan fingerprint density at radius 1 is 0.974 bits per heavy atom. The van der Waals surface area contributed by atoms with E-state index >= 15 is 0 Å². The molecule has 5 aromatic rings. The molecule has 38 heavy (non-hydrogen) atoms. The van der Waals surface area contributed by atoms with Gasteiger partial charge in [0.1, 0.15) is 34.1 Å². The summed E-state index contributed by atoms with van der Waals surface area (Å²) in [4.78, 5) is 9.63. The van der Waals surface area contributed by atoms with Gasteiger partial charge in [-0.25, -0.2) is 28.1 Å². The predicted molar refractivity (Wildman–Crippen MR) is 148 cm³/mol. The van der Waals surface area contributed by atoms with Gasteiger partial charge in [0.2, 0.25) is 5.88 Å². The highest BCUT2D eigenvalue weighted by Crippen LogP contribution is 2.35. The summed E-state index contributed by atoms with van der Waals surface area (Å²) >= 11 is 0.983. The van der Waals surface area contributed by atoms with Gasteiger partial charge in [0.15, 0.2) is 0 Å². The number of nitrogens with one attached hydrogen (secondary N) is 1. The number of aromatic nitrogens is 2. The maximum atomic E-state index is 14.1. The maximum Gasteiger partial charge on any atom is 0.237 e. The first-order chi connectivity index (χ1) is 18.3. The summed E-state index contributed by atoms with van der Waals surface area (Å²) < 4.78 is 47.5. The number of nitrogens with two attached hydrogens (primary N) is 2. The van der Waals surface area contributed by atoms with Crippen molar-refractivity contribution < 1.29 is 17.7 Å². The summed E-state index contributed by atoms with van der Waals surface area (Å²) in [6, 6.07) is 19.9. The molecule has 0 radical (unpaired) electrons. The number of ether oxygens (including phenoxy) is 1. The molecular weight excluding hydrogens is 528 g/mol. The Morgan fingerprint density at radius 2 is 1.82 bits per heavy atom. The van der Waals surface area contributed by atoms with Crippen molar-refractivity contribution >= 4 is 45.3 Å². The lowest BCUT2D eigenvalue weighted by molar-refractivity contribution is 0.400. The van der Waals surface area contributed by atoms with Crippen molar-refractivity contribution in [3.63, 3.8) is 0 Å². The first-order valence-corrected chi connectivity index (χ1v) is 13.2. The Hall–Kier alpha value is -4.06. The highest BCUT2D eigenvalue weighted by molar-refractivity contribution is 8.00. The lowest BCUT2D eigenvalue weighted by Gasteiger charge is -2.13. The smallest absolute Gasteiger partial charge is 0.237 e. The molecule has 0 aliphatic carbocycles. The monoisotopic (exact) mass is 549 g/mol. The third kappa shape index (κ3) is 5.30. The third-order valence-electron chi connectivity index (χ3n) is 5.76. The molecule has 0 bridgehead atoms. The molecule has 0 aliphatic rings. The Kier molecular flexibility index (Phi) is 7.23. The van der Waals surface area contributed by atoms with Crippen LogP contribution in [0, 0.1) is 11.6 Å². The number of fused-ring (bicyclic) bond motifs is 1. The summed E-state index contributed by atoms with van der Waals surface area (Å²) in [6.45, 7) is 0. The van der Waals surface area contributed by atoms with Crippen molar-refractivity contribution in [3.8, 4) is 28.1 Å². The van der Waals surface area contributed by atoms with Crippen molar-refractivity contribution in [2.75, 3.05) is 17.6 Å². The van der Waals surface area contributed by atoms with Crippen LogP contribution in [0.2, 0.25) is 0 Å². The van der Waals surface area contributed by atoms with Gasteiger partial charge in [-0.15, -0.1) is 0 Å². The molecule has 0 saturated carbocycles. The number of nitrogen functional groups attached to an aromatic ring is 1. The van der Waals surface area contributed by atoms with Crippen LogP contribution < -0.4 is 20.3 Å². The van der Waals surface area contributed by atoms with Crippen LogP contribution in [0.25, 0.3) is 33.2 Å². The third-order valence-corrected chi connectivity index (χ3v) is 7.36. The van der Waals surface area contributed by atoms with Gasteiger partial charge >= 0.3 is 0 Å². The van der Waals surface area contributed by atoms with E-state index in [0.29, 0.717) is 33.4 Å². The number of pyridine rings is 2. The lowest BCUT2D eigenvalue weighted by atomic mass is 10.0. The van der Waals surface area contributed by atoms with Gasteiger partial charge in [-0.2, -0.15) is 0 Å². The number of hydrogen-bond acceptors (Lipinski definition) is 7. The van der Waals surface area contributed by atoms with Gasteiger partial charge in [-0.05, 0) is 71.6 Å². The summed E-state index contributed by atoms with van der Waals surface area (Å²) in [5.74, 6) is -0.664. The molecule has 0 aliphatic heterocycles. The van der Waals surface area contributed by atoms with Crippen LogP contribution in [0.4, 0.5) is 20.3 Å². The molecule has 7 nitrogen and oxygen atoms in total. The van der Waals surface area contributed by atoms with E-state index in [0.717, 1.165) is 40.1 Å². The first kappa shape index (κ1) is 25.6. The zero-order chi connectivity index (χ0) is 26.8. The van der Waals surface area contributed by atoms with Crippen LogP contribution >= 0.6 is 11.9 Å². The van der Waals surface area contributed by atoms with E-state index in [2.05, 4.69) is 14.7 Å². The fraction of sp³-hybridized carbons (Fsp3) is 0.0370. The average molecular weight is 550 g/mol. The summed E-state index contributed by atoms with van der Waals surface area (Å²) in [5.41, 5.74) is 10.5. The number of rotatable bonds is 7. The van der Waals surface area contributed by atoms with E-state index in [9.17, 15) is 13.0 Å². The number of benzene rings is 3. The summed E-state index contributed by atoms with van der Waals surface area (Å²) in [7, 11) is -0.135. The second-order valence-electron chi connectivity index (χ2n) is 8.21. The molecule has 192 valence electrons. The second-order valence-corrected chi connectivity index (χ2v) is 10.1. The van der Waals surface area contributed by atoms with E-state index in [1.54, 1.807) is 24.4 Å². The Morgan fingerprint density at radius 3 is 2.58 bits per heavy atom. The van der Waals surface area contributed by atoms with Crippen LogP contribution in [0.1, 0.15) is 0 Å². The van der Waals surface area contributed by atoms with E-state index in [1.165, 1.54) is 19.2 Å². The molecule has 0 fully saturated rings. The van der Waals surface area contributed by atoms with Crippen molar-refractivity contribution in [2.45, 2.75) is 9.79 Å². The van der Waals surface area contributed by atoms with Gasteiger partial charge in [0.05, 0.1) is 22.4 Å². The fourth-order valence-corrected chi connectivity index (χ4v) is 5.02. The molecule has 2 aromatic heterocycles. The number of anilines is 2. The van der Waals surface area contributed by atoms with Gasteiger partial charge in [-0.3, -0.25) is 0 Å². The van der Waals surface area contributed by atoms with Crippen LogP contribution in [0.15, 0.2) is 88.8 Å². The fourth-order valence-electron chi connectivity index (χ4n) is 3.90. The lowest BCUT2D eigenvalue weighted by Crippen LogP contribution is -2.02. The molecule has 0 saturated heterocycles. The Labute approximate surface area is 224 Å². The molecule has 1 atom stereocenters. The summed E-state index contributed by atoms with van der Waals surface area (Å²) in [6.07, 6.45) is 1.67. The minimum absolute atomic E-state index is 0.225. The first-order valence-electron chi connectivity index (χ1n) is 11.2. The molecule has 2 heterocycles. The molecule has 0 amide bonds. The quantitative estimate of drug-likeness (QED) is 0.215. The van der Waals surface area contributed by atoms with Crippen LogP contribution in [-0.2, 0) is 11.0 Å². The van der Waals surface area contributed by atoms with Gasteiger partial charge < -0.3 is 15.2 Å². The largest absolute Gasteiger partial charge is 0.480 e. The van der Waals surface area contributed by atoms with Crippen LogP contribution in [0.3, 0.4) is 0 Å². The van der Waals surface area contributed by atoms with E-state index < -0.39 is 22.6 Å². The highest BCUT2D eigenvalue weighted by atomic mass is 32.2. The van der Waals surface area contributed by atoms with Crippen molar-refractivity contribution in [1.29, 1.82) is 0 Å². The van der Waals surface area contributed by atoms with E-state index in [4.69, 9.17) is 15.6 Å². The van der Waals surface area contributed by atoms with Gasteiger partial charge in [-0.1, -0.05) is 18.2 Å². The molecule has 11 heteroatoms. The second kappa shape index (κ2) is 10.7. The SMILES string of the molecule is COc1ncc(-c2ccc3nc(N)c(-c4cccc(S(N)=O)c4)cc3c2)cc1NSc1ccc(F)cc1F. The van der Waals surface area contributed by atoms with Crippen LogP contribution in [-0.4, -0.2) is 21.3 Å². The molecular formula is C27H21F2N5O2S2. The molecule has 5 N–H and O–H groups in total. The topological polar surface area (TPSA) is 116 Å². The normalized spacial score (nSPS) is 11.9. The number of methoxy groups -OCH3 is 1. The minimum atomic E-state index is -1.62. The average Bonchev–Trinajstić information content (AvgIpc) is 2.92. The van der Waals surface area contributed by atoms with Crippen molar-refractivity contribution in [1.82, 2.24) is 9.97 Å². The molecule has 1 unspecified atom stereocenters. The van der Waals surface area contributed by atoms with Crippen LogP contribution in [0.5, 0.6) is 5.88 Å². The Balaban J connectivity index is 1.50. The standard InChI is InChI=1S/C27H21F2N5O2S2/c1-36-27-24(34-37-25-8-6-19(28)13-22(25)29)12-18(14-32-27)15-5-7-23-17(9-15)11-21(26(30)33-23)16-3-2-4-20(10-16)38(31)35/h2-14,34H,31H2,1H3,(H2,30,33). The number of halogens is 2. The summed E-state index contributed by atoms with van der Waals surface area (Å²) in [5, 5.41) is 6.38. The number of nitrogens with zero attached hydrogens (tertiary/aromatic N) is 2. The Bertz CT molecular complexity index is 1700. The minimum Gasteiger partial charge on any atom is -0.480 e. The molecule has 3 aromatic carbocycles. The predicted octanol–water partition coefficient (Wildman–Crippen LogP) is 5.93. The molecule has 0 spiro atoms. The van der Waals surface area contributed by atoms with E-state index in [-0.39, 0.29) is 4.90 Å². The van der Waals surface area contributed by atoms with Crippen molar-refractivity contribution in [3.05, 3.63) is 90.6 Å². The van der Waals surface area contributed by atoms with Crippen molar-refractivity contribution in [2.24, 2.45) is 5.14 Å². The van der Waals surface area contributed by atoms with Gasteiger partial charge in [0.25, 0.3) is 0 Å².